The minimum Gasteiger partial charge on any atom is -0.381 e. The zero-order valence-corrected chi connectivity index (χ0v) is 25.9. The predicted molar refractivity (Wildman–Crippen MR) is 173 cm³/mol. The van der Waals surface area contributed by atoms with Crippen LogP contribution in [0, 0.1) is 11.8 Å². The zero-order chi connectivity index (χ0) is 32.7. The quantitative estimate of drug-likeness (QED) is 0.231. The largest absolute Gasteiger partial charge is 0.381 e. The Hall–Kier alpha value is -5.78. The van der Waals surface area contributed by atoms with Crippen LogP contribution in [0.15, 0.2) is 89.1 Å². The van der Waals surface area contributed by atoms with Crippen molar-refractivity contribution >= 4 is 38.0 Å². The molecule has 232 valence electrons. The molecule has 0 bridgehead atoms. The molecule has 0 aliphatic heterocycles. The molecule has 0 saturated heterocycles. The highest BCUT2D eigenvalue weighted by Gasteiger charge is 2.27. The van der Waals surface area contributed by atoms with Crippen molar-refractivity contribution in [1.29, 1.82) is 0 Å². The summed E-state index contributed by atoms with van der Waals surface area (Å²) in [4.78, 5) is 32.1. The molecule has 2 aromatic carbocycles. The lowest BCUT2D eigenvalue weighted by Gasteiger charge is -2.21. The Labute approximate surface area is 263 Å². The summed E-state index contributed by atoms with van der Waals surface area (Å²) in [6, 6.07) is 17.0. The lowest BCUT2D eigenvalue weighted by atomic mass is 10.0. The maximum absolute atomic E-state index is 14.4. The maximum atomic E-state index is 14.4. The average Bonchev–Trinajstić information content (AvgIpc) is 3.58. The van der Waals surface area contributed by atoms with Gasteiger partial charge in [0.25, 0.3) is 11.5 Å². The molecule has 1 unspecified atom stereocenters. The van der Waals surface area contributed by atoms with E-state index in [1.807, 2.05) is 12.1 Å². The summed E-state index contributed by atoms with van der Waals surface area (Å²) in [6.07, 6.45) is 4.53. The van der Waals surface area contributed by atoms with Crippen LogP contribution in [0.3, 0.4) is 0 Å². The molecule has 2 atom stereocenters. The molecule has 4 heterocycles. The van der Waals surface area contributed by atoms with E-state index in [0.29, 0.717) is 33.4 Å². The molecule has 0 aliphatic rings. The number of nitrogens with two attached hydrogens (primary N) is 2. The van der Waals surface area contributed by atoms with Gasteiger partial charge in [-0.1, -0.05) is 42.2 Å². The van der Waals surface area contributed by atoms with Crippen LogP contribution < -0.4 is 22.3 Å². The molecule has 46 heavy (non-hydrogen) atoms. The van der Waals surface area contributed by atoms with Gasteiger partial charge in [-0.15, -0.1) is 5.10 Å². The van der Waals surface area contributed by atoms with Crippen LogP contribution in [-0.4, -0.2) is 48.6 Å². The number of aryl methyl sites for hydroxylation is 1. The number of aromatic nitrogens is 6. The number of carbonyl (C=O) groups is 1. The van der Waals surface area contributed by atoms with Crippen LogP contribution in [0.1, 0.15) is 47.1 Å². The fourth-order valence-corrected chi connectivity index (χ4v) is 6.45. The Balaban J connectivity index is 1.48. The van der Waals surface area contributed by atoms with E-state index in [2.05, 4.69) is 32.3 Å². The second-order valence-electron chi connectivity index (χ2n) is 10.6. The van der Waals surface area contributed by atoms with Gasteiger partial charge in [0.1, 0.15) is 10.9 Å². The summed E-state index contributed by atoms with van der Waals surface area (Å²) in [5.74, 6) is 5.40. The summed E-state index contributed by atoms with van der Waals surface area (Å²) in [7, 11) is -2.39. The second kappa shape index (κ2) is 11.6. The molecule has 4 aromatic heterocycles. The topological polar surface area (TPSA) is 185 Å². The number of pyridine rings is 1. The van der Waals surface area contributed by atoms with Gasteiger partial charge in [-0.2, -0.15) is 5.10 Å². The molecule has 14 heteroatoms. The molecule has 0 saturated carbocycles. The Morgan fingerprint density at radius 3 is 2.50 bits per heavy atom. The first-order chi connectivity index (χ1) is 22.0. The van der Waals surface area contributed by atoms with Crippen molar-refractivity contribution in [2.24, 2.45) is 12.8 Å². The number of rotatable bonds is 6. The summed E-state index contributed by atoms with van der Waals surface area (Å²) in [5.41, 5.74) is 13.5. The average molecular weight is 636 g/mol. The minimum atomic E-state index is -3.89. The number of fused-ring (bicyclic) bond motifs is 2. The van der Waals surface area contributed by atoms with Gasteiger partial charge in [-0.25, -0.2) is 17.9 Å². The molecular formula is C32H29N9O4S. The Morgan fingerprint density at radius 2 is 1.76 bits per heavy atom. The van der Waals surface area contributed by atoms with Crippen molar-refractivity contribution in [2.75, 3.05) is 5.73 Å². The number of amides is 1. The molecule has 0 spiro atoms. The Morgan fingerprint density at radius 1 is 1.02 bits per heavy atom. The highest BCUT2D eigenvalue weighted by molar-refractivity contribution is 7.92. The highest BCUT2D eigenvalue weighted by Crippen LogP contribution is 2.25. The van der Waals surface area contributed by atoms with Gasteiger partial charge in [0.05, 0.1) is 23.2 Å². The first-order valence-electron chi connectivity index (χ1n) is 14.2. The predicted octanol–water partition coefficient (Wildman–Crippen LogP) is 2.32. The third kappa shape index (κ3) is 5.17. The Kier molecular flexibility index (Phi) is 7.64. The van der Waals surface area contributed by atoms with Gasteiger partial charge in [0.15, 0.2) is 16.5 Å². The van der Waals surface area contributed by atoms with Crippen LogP contribution in [0.5, 0.6) is 0 Å². The maximum Gasteiger partial charge on any atom is 0.264 e. The number of nitrogen functional groups attached to an aromatic ring is 1. The first-order valence-corrected chi connectivity index (χ1v) is 15.7. The van der Waals surface area contributed by atoms with Gasteiger partial charge in [-0.05, 0) is 49.6 Å². The van der Waals surface area contributed by atoms with E-state index >= 15 is 0 Å². The first kappa shape index (κ1) is 30.3. The van der Waals surface area contributed by atoms with Crippen molar-refractivity contribution in [1.82, 2.24) is 34.3 Å². The van der Waals surface area contributed by atoms with Crippen molar-refractivity contribution in [3.05, 3.63) is 112 Å². The number of nitrogens with zero attached hydrogens (tertiary/aromatic N) is 6. The van der Waals surface area contributed by atoms with Crippen molar-refractivity contribution in [2.45, 2.75) is 30.3 Å². The van der Waals surface area contributed by atoms with E-state index in [1.165, 1.54) is 33.9 Å². The molecule has 1 amide bonds. The second-order valence-corrected chi connectivity index (χ2v) is 12.9. The molecule has 0 fully saturated rings. The van der Waals surface area contributed by atoms with Gasteiger partial charge in [-0.3, -0.25) is 18.8 Å². The van der Waals surface area contributed by atoms with Crippen molar-refractivity contribution in [3.63, 3.8) is 0 Å². The molecular weight excluding hydrogens is 606 g/mol. The Bertz CT molecular complexity index is 2380. The van der Waals surface area contributed by atoms with E-state index in [1.54, 1.807) is 67.8 Å². The van der Waals surface area contributed by atoms with Crippen molar-refractivity contribution in [3.8, 4) is 17.5 Å². The molecule has 0 aliphatic carbocycles. The summed E-state index contributed by atoms with van der Waals surface area (Å²) in [5, 5.41) is 10.8. The summed E-state index contributed by atoms with van der Waals surface area (Å²) < 4.78 is 30.0. The molecule has 5 N–H and O–H groups in total. The molecule has 6 aromatic rings. The van der Waals surface area contributed by atoms with Gasteiger partial charge in [0, 0.05) is 36.4 Å². The smallest absolute Gasteiger partial charge is 0.264 e. The van der Waals surface area contributed by atoms with Crippen LogP contribution in [0.2, 0.25) is 0 Å². The zero-order valence-electron chi connectivity index (χ0n) is 25.0. The number of hydrogen-bond donors (Lipinski definition) is 3. The van der Waals surface area contributed by atoms with Crippen LogP contribution in [0.4, 0.5) is 5.82 Å². The van der Waals surface area contributed by atoms with E-state index in [-0.39, 0.29) is 27.5 Å². The molecule has 6 rings (SSSR count). The summed E-state index contributed by atoms with van der Waals surface area (Å²) in [6.45, 7) is 3.14. The monoisotopic (exact) mass is 635 g/mol. The molecule has 0 radical (unpaired) electrons. The third-order valence-corrected chi connectivity index (χ3v) is 9.51. The number of sulfone groups is 1. The number of hydrogen-bond acceptors (Lipinski definition) is 9. The molecule has 13 nitrogen and oxygen atoms in total. The van der Waals surface area contributed by atoms with E-state index < -0.39 is 27.2 Å². The normalized spacial score (nSPS) is 12.9. The number of nitrogens with one attached hydrogen (secondary N) is 1. The summed E-state index contributed by atoms with van der Waals surface area (Å²) >= 11 is 0. The van der Waals surface area contributed by atoms with Gasteiger partial charge < -0.3 is 16.8 Å². The number of benzene rings is 2. The van der Waals surface area contributed by atoms with E-state index in [0.717, 1.165) is 0 Å². The number of carbonyl (C=O) groups excluding carboxylic acids is 1. The van der Waals surface area contributed by atoms with Crippen molar-refractivity contribution < 1.29 is 13.2 Å². The number of anilines is 1. The fraction of sp³-hybridized carbons (Fsp3) is 0.156. The van der Waals surface area contributed by atoms with Gasteiger partial charge >= 0.3 is 0 Å². The van der Waals surface area contributed by atoms with E-state index in [9.17, 15) is 18.0 Å². The van der Waals surface area contributed by atoms with Crippen LogP contribution >= 0.6 is 0 Å². The lowest BCUT2D eigenvalue weighted by molar-refractivity contribution is 0.0941. The number of para-hydroxylation sites is 1. The van der Waals surface area contributed by atoms with Crippen LogP contribution in [-0.2, 0) is 16.9 Å². The van der Waals surface area contributed by atoms with E-state index in [4.69, 9.17) is 11.5 Å². The standard InChI is InChI=1S/C32H29N9O4S/c1-19(37-30(42)27-28(34)38-40-16-8-15-35-29(27)40)25-17-22-10-7-9-21(26(22)31(43)41(25)24-11-5-4-6-12-24)13-14-23-18-36-39(3)32(23)46(44,45)20(2)33/h4-12,15-20H,33H2,1-3H3,(H2,34,38)(H,37,42)/t19-,20?/m1/s1. The van der Waals surface area contributed by atoms with Gasteiger partial charge in [0.2, 0.25) is 9.84 Å². The fourth-order valence-electron chi connectivity index (χ4n) is 5.27. The highest BCUT2D eigenvalue weighted by atomic mass is 32.2. The lowest BCUT2D eigenvalue weighted by Crippen LogP contribution is -2.32. The minimum absolute atomic E-state index is 0.0241. The van der Waals surface area contributed by atoms with Crippen LogP contribution in [0.25, 0.3) is 22.1 Å². The third-order valence-electron chi connectivity index (χ3n) is 7.51. The SMILES string of the molecule is CC(N)S(=O)(=O)c1c(C#Cc2cccc3cc([C@@H](C)NC(=O)c4c(N)nn5cccnc45)n(-c4ccccc4)c(=O)c23)cnn1C.